The largest absolute Gasteiger partial charge is 0.480 e. The van der Waals surface area contributed by atoms with Crippen molar-refractivity contribution in [2.45, 2.75) is 6.04 Å². The van der Waals surface area contributed by atoms with E-state index in [-0.39, 0.29) is 5.91 Å². The Morgan fingerprint density at radius 3 is 2.87 bits per heavy atom. The smallest absolute Gasteiger partial charge is 0.327 e. The van der Waals surface area contributed by atoms with E-state index in [4.69, 9.17) is 5.11 Å². The highest BCUT2D eigenvalue weighted by Crippen LogP contribution is 2.08. The normalized spacial score (nSPS) is 12.1. The number of hydrogen-bond acceptors (Lipinski definition) is 4. The summed E-state index contributed by atoms with van der Waals surface area (Å²) < 4.78 is 0. The van der Waals surface area contributed by atoms with Crippen molar-refractivity contribution in [3.8, 4) is 0 Å². The van der Waals surface area contributed by atoms with E-state index >= 15 is 0 Å². The maximum atomic E-state index is 11.5. The van der Waals surface area contributed by atoms with E-state index in [9.17, 15) is 9.59 Å². The fraction of sp³-hybridized carbons (Fsp3) is 0.333. The molecule has 1 unspecified atom stereocenters. The summed E-state index contributed by atoms with van der Waals surface area (Å²) in [7, 11) is 0. The van der Waals surface area contributed by atoms with Crippen LogP contribution in [-0.2, 0) is 4.79 Å². The summed E-state index contributed by atoms with van der Waals surface area (Å²) in [4.78, 5) is 22.8. The maximum absolute atomic E-state index is 11.5. The second kappa shape index (κ2) is 5.77. The number of carbonyl (C=O) groups is 2. The number of aliphatic carboxylic acids is 1. The second-order valence-corrected chi connectivity index (χ2v) is 4.66. The monoisotopic (exact) mass is 245 g/mol. The summed E-state index contributed by atoms with van der Waals surface area (Å²) in [6.07, 6.45) is 1.80. The Labute approximate surface area is 95.7 Å². The Morgan fingerprint density at radius 1 is 1.67 bits per heavy atom. The van der Waals surface area contributed by atoms with Crippen LogP contribution in [0.2, 0.25) is 0 Å². The highest BCUT2D eigenvalue weighted by atomic mass is 32.2. The number of thioether (sulfide) groups is 1. The van der Waals surface area contributed by atoms with Gasteiger partial charge in [0.15, 0.2) is 0 Å². The molecule has 4 nitrogen and oxygen atoms in total. The molecule has 0 fully saturated rings. The molecule has 0 aliphatic heterocycles. The van der Waals surface area contributed by atoms with E-state index in [1.54, 1.807) is 23.8 Å². The number of thiophene rings is 1. The molecule has 0 aromatic carbocycles. The summed E-state index contributed by atoms with van der Waals surface area (Å²) in [5, 5.41) is 13.1. The molecule has 1 aromatic rings. The van der Waals surface area contributed by atoms with E-state index in [0.717, 1.165) is 0 Å². The van der Waals surface area contributed by atoms with Crippen molar-refractivity contribution < 1.29 is 14.7 Å². The van der Waals surface area contributed by atoms with Gasteiger partial charge in [-0.15, -0.1) is 11.3 Å². The lowest BCUT2D eigenvalue weighted by Crippen LogP contribution is -2.42. The van der Waals surface area contributed by atoms with Crippen LogP contribution in [0.4, 0.5) is 0 Å². The van der Waals surface area contributed by atoms with E-state index < -0.39 is 12.0 Å². The standard InChI is InChI=1S/C9H11NO3S2/c1-14-5-6(9(12)13)10-8(11)7-3-2-4-15-7/h2-4,6H,5H2,1H3,(H,10,11)(H,12,13). The van der Waals surface area contributed by atoms with E-state index in [0.29, 0.717) is 10.6 Å². The Balaban J connectivity index is 2.59. The predicted octanol–water partition coefficient (Wildman–Crippen LogP) is 1.29. The maximum Gasteiger partial charge on any atom is 0.327 e. The van der Waals surface area contributed by atoms with Gasteiger partial charge >= 0.3 is 5.97 Å². The van der Waals surface area contributed by atoms with Gasteiger partial charge in [0.05, 0.1) is 4.88 Å². The average molecular weight is 245 g/mol. The van der Waals surface area contributed by atoms with Gasteiger partial charge in [0.1, 0.15) is 6.04 Å². The molecule has 0 aliphatic rings. The van der Waals surface area contributed by atoms with Crippen LogP contribution < -0.4 is 5.32 Å². The molecule has 1 aromatic heterocycles. The first kappa shape index (κ1) is 12.1. The molecule has 0 bridgehead atoms. The molecule has 15 heavy (non-hydrogen) atoms. The van der Waals surface area contributed by atoms with Crippen LogP contribution in [0.25, 0.3) is 0 Å². The summed E-state index contributed by atoms with van der Waals surface area (Å²) in [5.74, 6) is -0.965. The molecule has 0 radical (unpaired) electrons. The molecule has 82 valence electrons. The van der Waals surface area contributed by atoms with E-state index in [2.05, 4.69) is 5.32 Å². The van der Waals surface area contributed by atoms with Crippen LogP contribution in [0.1, 0.15) is 9.67 Å². The molecule has 1 atom stereocenters. The van der Waals surface area contributed by atoms with Gasteiger partial charge in [-0.3, -0.25) is 4.79 Å². The minimum absolute atomic E-state index is 0.327. The van der Waals surface area contributed by atoms with Crippen molar-refractivity contribution in [3.05, 3.63) is 22.4 Å². The zero-order valence-corrected chi connectivity index (χ0v) is 9.73. The highest BCUT2D eigenvalue weighted by molar-refractivity contribution is 7.98. The quantitative estimate of drug-likeness (QED) is 0.820. The molecule has 1 rings (SSSR count). The molecule has 1 heterocycles. The van der Waals surface area contributed by atoms with Crippen LogP contribution in [0.5, 0.6) is 0 Å². The average Bonchev–Trinajstić information content (AvgIpc) is 2.69. The van der Waals surface area contributed by atoms with E-state index in [1.165, 1.54) is 23.1 Å². The predicted molar refractivity (Wildman–Crippen MR) is 61.6 cm³/mol. The molecule has 1 amide bonds. The molecule has 6 heteroatoms. The van der Waals surface area contributed by atoms with Gasteiger partial charge in [0, 0.05) is 5.75 Å². The topological polar surface area (TPSA) is 66.4 Å². The molecule has 0 saturated carbocycles. The SMILES string of the molecule is CSCC(NC(=O)c1cccs1)C(=O)O. The summed E-state index contributed by atoms with van der Waals surface area (Å²) in [5.41, 5.74) is 0. The third-order valence-electron chi connectivity index (χ3n) is 1.68. The van der Waals surface area contributed by atoms with Crippen LogP contribution in [0.15, 0.2) is 17.5 Å². The minimum Gasteiger partial charge on any atom is -0.480 e. The zero-order chi connectivity index (χ0) is 11.3. The number of rotatable bonds is 5. The Bertz CT molecular complexity index is 337. The molecular weight excluding hydrogens is 234 g/mol. The Hall–Kier alpha value is -1.01. The fourth-order valence-corrected chi connectivity index (χ4v) is 2.16. The first-order chi connectivity index (χ1) is 7.15. The Kier molecular flexibility index (Phi) is 4.64. The number of hydrogen-bond donors (Lipinski definition) is 2. The molecule has 0 spiro atoms. The van der Waals surface area contributed by atoms with Crippen molar-refractivity contribution in [1.29, 1.82) is 0 Å². The van der Waals surface area contributed by atoms with Crippen LogP contribution in [0, 0.1) is 0 Å². The third kappa shape index (κ3) is 3.56. The minimum atomic E-state index is -1.01. The number of carboxylic acid groups (broad SMARTS) is 1. The van der Waals surface area contributed by atoms with Gasteiger partial charge < -0.3 is 10.4 Å². The number of carboxylic acids is 1. The van der Waals surface area contributed by atoms with Crippen LogP contribution in [-0.4, -0.2) is 35.0 Å². The molecule has 0 saturated heterocycles. The van der Waals surface area contributed by atoms with Crippen molar-refractivity contribution in [1.82, 2.24) is 5.32 Å². The lowest BCUT2D eigenvalue weighted by Gasteiger charge is -2.11. The first-order valence-electron chi connectivity index (χ1n) is 4.21. The summed E-state index contributed by atoms with van der Waals surface area (Å²) in [6, 6.07) is 2.59. The van der Waals surface area contributed by atoms with Gasteiger partial charge in [-0.1, -0.05) is 6.07 Å². The van der Waals surface area contributed by atoms with Gasteiger partial charge in [-0.2, -0.15) is 11.8 Å². The highest BCUT2D eigenvalue weighted by Gasteiger charge is 2.20. The van der Waals surface area contributed by atoms with Crippen molar-refractivity contribution in [2.75, 3.05) is 12.0 Å². The van der Waals surface area contributed by atoms with Crippen molar-refractivity contribution in [3.63, 3.8) is 0 Å². The van der Waals surface area contributed by atoms with Gasteiger partial charge in [0.2, 0.25) is 0 Å². The fourth-order valence-electron chi connectivity index (χ4n) is 0.978. The van der Waals surface area contributed by atoms with Gasteiger partial charge in [-0.05, 0) is 17.7 Å². The lowest BCUT2D eigenvalue weighted by atomic mass is 10.3. The van der Waals surface area contributed by atoms with Gasteiger partial charge in [-0.25, -0.2) is 4.79 Å². The molecular formula is C9H11NO3S2. The number of amides is 1. The van der Waals surface area contributed by atoms with Crippen molar-refractivity contribution >= 4 is 35.0 Å². The zero-order valence-electron chi connectivity index (χ0n) is 8.10. The number of carbonyl (C=O) groups excluding carboxylic acids is 1. The lowest BCUT2D eigenvalue weighted by molar-refractivity contribution is -0.138. The Morgan fingerprint density at radius 2 is 2.40 bits per heavy atom. The first-order valence-corrected chi connectivity index (χ1v) is 6.48. The third-order valence-corrected chi connectivity index (χ3v) is 3.22. The molecule has 2 N–H and O–H groups in total. The second-order valence-electron chi connectivity index (χ2n) is 2.80. The summed E-state index contributed by atoms with van der Waals surface area (Å²) in [6.45, 7) is 0. The van der Waals surface area contributed by atoms with Crippen molar-refractivity contribution in [2.24, 2.45) is 0 Å². The van der Waals surface area contributed by atoms with E-state index in [1.807, 2.05) is 0 Å². The number of nitrogens with one attached hydrogen (secondary N) is 1. The van der Waals surface area contributed by atoms with Crippen LogP contribution in [0.3, 0.4) is 0 Å². The summed E-state index contributed by atoms with van der Waals surface area (Å²) >= 11 is 2.68. The van der Waals surface area contributed by atoms with Gasteiger partial charge in [0.25, 0.3) is 5.91 Å². The molecule has 0 aliphatic carbocycles. The van der Waals surface area contributed by atoms with Crippen LogP contribution >= 0.6 is 23.1 Å².